The van der Waals surface area contributed by atoms with Gasteiger partial charge in [-0.15, -0.1) is 0 Å². The Labute approximate surface area is 128 Å². The molecule has 3 rings (SSSR count). The monoisotopic (exact) mass is 320 g/mol. The highest BCUT2D eigenvalue weighted by Gasteiger charge is 2.14. The van der Waals surface area contributed by atoms with Crippen LogP contribution in [0.2, 0.25) is 5.15 Å². The van der Waals surface area contributed by atoms with Crippen molar-refractivity contribution in [3.63, 3.8) is 0 Å². The van der Waals surface area contributed by atoms with Crippen LogP contribution in [-0.2, 0) is 6.54 Å². The lowest BCUT2D eigenvalue weighted by Gasteiger charge is -2.02. The zero-order valence-electron chi connectivity index (χ0n) is 11.2. The highest BCUT2D eigenvalue weighted by molar-refractivity contribution is 6.29. The first-order valence-corrected chi connectivity index (χ1v) is 6.71. The van der Waals surface area contributed by atoms with Crippen molar-refractivity contribution in [2.24, 2.45) is 0 Å². The predicted molar refractivity (Wildman–Crippen MR) is 79.0 cm³/mol. The van der Waals surface area contributed by atoms with E-state index in [-0.39, 0.29) is 5.69 Å². The quantitative estimate of drug-likeness (QED) is 0.744. The minimum absolute atomic E-state index is 0.165. The van der Waals surface area contributed by atoms with Crippen LogP contribution in [0.25, 0.3) is 5.69 Å². The van der Waals surface area contributed by atoms with Gasteiger partial charge in [0.1, 0.15) is 0 Å². The van der Waals surface area contributed by atoms with Crippen molar-refractivity contribution in [3.05, 3.63) is 80.1 Å². The summed E-state index contributed by atoms with van der Waals surface area (Å²) in [4.78, 5) is 25.7. The van der Waals surface area contributed by atoms with Crippen LogP contribution in [0.5, 0.6) is 0 Å². The van der Waals surface area contributed by atoms with E-state index in [4.69, 9.17) is 11.6 Å². The summed E-state index contributed by atoms with van der Waals surface area (Å²) in [5.41, 5.74) is -0.776. The summed E-state index contributed by atoms with van der Waals surface area (Å²) in [5.74, 6) is -1.21. The summed E-state index contributed by atoms with van der Waals surface area (Å²) in [7, 11) is 0. The molecule has 1 N–H and O–H groups in total. The molecule has 6 nitrogen and oxygen atoms in total. The summed E-state index contributed by atoms with van der Waals surface area (Å²) in [5, 5.41) is 3.46. The molecule has 0 fully saturated rings. The fourth-order valence-electron chi connectivity index (χ4n) is 2.05. The molecule has 0 atom stereocenters. The molecule has 2 heterocycles. The van der Waals surface area contributed by atoms with E-state index < -0.39 is 22.2 Å². The number of halogens is 2. The number of nitrogens with zero attached hydrogens (tertiary/aromatic N) is 3. The lowest BCUT2D eigenvalue weighted by Crippen LogP contribution is -2.35. The molecule has 8 heteroatoms. The van der Waals surface area contributed by atoms with Crippen molar-refractivity contribution in [1.29, 1.82) is 0 Å². The van der Waals surface area contributed by atoms with Crippen molar-refractivity contribution in [2.75, 3.05) is 0 Å². The van der Waals surface area contributed by atoms with Gasteiger partial charge < -0.3 is 0 Å². The Morgan fingerprint density at radius 2 is 1.95 bits per heavy atom. The fraction of sp³-hybridized carbons (Fsp3) is 0.0714. The lowest BCUT2D eigenvalue weighted by atomic mass is 10.2. The van der Waals surface area contributed by atoms with Gasteiger partial charge in [0, 0.05) is 6.20 Å². The molecule has 0 spiro atoms. The van der Waals surface area contributed by atoms with Crippen LogP contribution in [0.4, 0.5) is 4.39 Å². The second-order valence-corrected chi connectivity index (χ2v) is 4.96. The first kappa shape index (κ1) is 14.3. The molecule has 0 aliphatic heterocycles. The van der Waals surface area contributed by atoms with E-state index in [9.17, 15) is 14.0 Å². The van der Waals surface area contributed by atoms with E-state index in [0.29, 0.717) is 11.1 Å². The average Bonchev–Trinajstić information content (AvgIpc) is 2.94. The van der Waals surface area contributed by atoms with E-state index in [0.717, 1.165) is 5.56 Å². The molecule has 0 saturated carbocycles. The van der Waals surface area contributed by atoms with Crippen LogP contribution in [0.1, 0.15) is 5.56 Å². The third kappa shape index (κ3) is 2.58. The Bertz CT molecular complexity index is 930. The van der Waals surface area contributed by atoms with E-state index >= 15 is 0 Å². The van der Waals surface area contributed by atoms with Gasteiger partial charge in [-0.05, 0) is 5.56 Å². The van der Waals surface area contributed by atoms with Gasteiger partial charge in [-0.3, -0.25) is 14.5 Å². The zero-order valence-corrected chi connectivity index (χ0v) is 11.9. The Morgan fingerprint density at radius 3 is 2.68 bits per heavy atom. The number of hydrogen-bond donors (Lipinski definition) is 1. The van der Waals surface area contributed by atoms with Crippen LogP contribution in [0.3, 0.4) is 0 Å². The van der Waals surface area contributed by atoms with Gasteiger partial charge in [-0.25, -0.2) is 9.36 Å². The summed E-state index contributed by atoms with van der Waals surface area (Å²) >= 11 is 5.43. The first-order valence-electron chi connectivity index (χ1n) is 6.33. The number of benzene rings is 1. The molecule has 3 aromatic rings. The van der Waals surface area contributed by atoms with Gasteiger partial charge in [-0.2, -0.15) is 9.49 Å². The molecule has 112 valence electrons. The van der Waals surface area contributed by atoms with Crippen molar-refractivity contribution in [1.82, 2.24) is 19.3 Å². The maximum atomic E-state index is 13.5. The van der Waals surface area contributed by atoms with Gasteiger partial charge in [0.25, 0.3) is 5.56 Å². The molecule has 0 unspecified atom stereocenters. The molecule has 2 aromatic heterocycles. The highest BCUT2D eigenvalue weighted by atomic mass is 35.5. The van der Waals surface area contributed by atoms with Crippen LogP contribution in [0, 0.1) is 5.82 Å². The summed E-state index contributed by atoms with van der Waals surface area (Å²) in [6.07, 6.45) is 2.80. The standard InChI is InChI=1S/C14H10ClFN4O2/c15-12-11(16)13(21)20(14(22)18-12)10-6-17-19(8-10)7-9-4-2-1-3-5-9/h1-6,8H,7H2,(H,18,22). The molecule has 22 heavy (non-hydrogen) atoms. The third-order valence-electron chi connectivity index (χ3n) is 3.07. The molecule has 1 aromatic carbocycles. The van der Waals surface area contributed by atoms with E-state index in [1.54, 1.807) is 4.68 Å². The third-order valence-corrected chi connectivity index (χ3v) is 3.33. The number of rotatable bonds is 3. The normalized spacial score (nSPS) is 10.8. The number of hydrogen-bond acceptors (Lipinski definition) is 3. The van der Waals surface area contributed by atoms with Gasteiger partial charge in [0.2, 0.25) is 5.82 Å². The Kier molecular flexibility index (Phi) is 3.64. The molecular formula is C14H10ClFN4O2. The highest BCUT2D eigenvalue weighted by Crippen LogP contribution is 2.07. The van der Waals surface area contributed by atoms with Gasteiger partial charge in [-0.1, -0.05) is 41.9 Å². The maximum absolute atomic E-state index is 13.5. The molecule has 0 amide bonds. The van der Waals surface area contributed by atoms with Crippen LogP contribution in [-0.4, -0.2) is 19.3 Å². The summed E-state index contributed by atoms with van der Waals surface area (Å²) in [6.45, 7) is 0.462. The Morgan fingerprint density at radius 1 is 1.23 bits per heavy atom. The molecule has 0 aliphatic carbocycles. The SMILES string of the molecule is O=c1[nH]c(Cl)c(F)c(=O)n1-c1cnn(Cc2ccccc2)c1. The molecule has 0 saturated heterocycles. The smallest absolute Gasteiger partial charge is 0.295 e. The van der Waals surface area contributed by atoms with E-state index in [1.165, 1.54) is 12.4 Å². The van der Waals surface area contributed by atoms with E-state index in [2.05, 4.69) is 10.1 Å². The largest absolute Gasteiger partial charge is 0.334 e. The van der Waals surface area contributed by atoms with Gasteiger partial charge >= 0.3 is 5.69 Å². The topological polar surface area (TPSA) is 72.7 Å². The van der Waals surface area contributed by atoms with Crippen molar-refractivity contribution >= 4 is 11.6 Å². The minimum Gasteiger partial charge on any atom is -0.295 e. The van der Waals surface area contributed by atoms with Gasteiger partial charge in [0.15, 0.2) is 5.15 Å². The number of nitrogens with one attached hydrogen (secondary N) is 1. The predicted octanol–water partition coefficient (Wildman–Crippen LogP) is 1.56. The van der Waals surface area contributed by atoms with Crippen LogP contribution in [0.15, 0.2) is 52.3 Å². The lowest BCUT2D eigenvalue weighted by molar-refractivity contribution is 0.584. The average molecular weight is 321 g/mol. The van der Waals surface area contributed by atoms with Crippen LogP contribution >= 0.6 is 11.6 Å². The second-order valence-electron chi connectivity index (χ2n) is 4.58. The Hall–Kier alpha value is -2.67. The first-order chi connectivity index (χ1) is 10.6. The Balaban J connectivity index is 2.00. The van der Waals surface area contributed by atoms with Gasteiger partial charge in [0.05, 0.1) is 18.4 Å². The summed E-state index contributed by atoms with van der Waals surface area (Å²) in [6, 6.07) is 9.52. The molecule has 0 radical (unpaired) electrons. The molecule has 0 bridgehead atoms. The molecule has 0 aliphatic rings. The number of H-pyrrole nitrogens is 1. The molecular weight excluding hydrogens is 311 g/mol. The van der Waals surface area contributed by atoms with Crippen LogP contribution < -0.4 is 11.2 Å². The maximum Gasteiger partial charge on any atom is 0.334 e. The van der Waals surface area contributed by atoms with Crippen molar-refractivity contribution < 1.29 is 4.39 Å². The van der Waals surface area contributed by atoms with E-state index in [1.807, 2.05) is 30.3 Å². The second kappa shape index (κ2) is 5.61. The fourth-order valence-corrected chi connectivity index (χ4v) is 2.21. The minimum atomic E-state index is -1.21. The van der Waals surface area contributed by atoms with Crippen molar-refractivity contribution in [3.8, 4) is 5.69 Å². The van der Waals surface area contributed by atoms with Crippen molar-refractivity contribution in [2.45, 2.75) is 6.54 Å². The number of aromatic nitrogens is 4. The zero-order chi connectivity index (χ0) is 15.7. The summed E-state index contributed by atoms with van der Waals surface area (Å²) < 4.78 is 15.7. The number of aromatic amines is 1.